The topological polar surface area (TPSA) is 72.8 Å². The SMILES string of the molecule is C#Cc1ccc(Nc2nc(COCC(C)C)nc3nc(-c4ncccc4Cl)ccc23)cc1. The molecule has 0 saturated carbocycles. The highest BCUT2D eigenvalue weighted by Gasteiger charge is 2.13. The lowest BCUT2D eigenvalue weighted by atomic mass is 10.2. The zero-order valence-corrected chi connectivity index (χ0v) is 18.6. The summed E-state index contributed by atoms with van der Waals surface area (Å²) in [6.45, 7) is 5.10. The number of nitrogens with one attached hydrogen (secondary N) is 1. The number of ether oxygens (including phenoxy) is 1. The van der Waals surface area contributed by atoms with Crippen molar-refractivity contribution in [2.75, 3.05) is 11.9 Å². The van der Waals surface area contributed by atoms with Crippen LogP contribution in [-0.2, 0) is 11.3 Å². The molecule has 32 heavy (non-hydrogen) atoms. The van der Waals surface area contributed by atoms with E-state index in [1.807, 2.05) is 36.4 Å². The summed E-state index contributed by atoms with van der Waals surface area (Å²) in [7, 11) is 0. The first-order valence-corrected chi connectivity index (χ1v) is 10.6. The van der Waals surface area contributed by atoms with Crippen molar-refractivity contribution >= 4 is 34.1 Å². The van der Waals surface area contributed by atoms with E-state index in [9.17, 15) is 0 Å². The lowest BCUT2D eigenvalue weighted by Crippen LogP contribution is -2.07. The molecule has 0 fully saturated rings. The second kappa shape index (κ2) is 9.73. The summed E-state index contributed by atoms with van der Waals surface area (Å²) in [6.07, 6.45) is 7.15. The standard InChI is InChI=1S/C25H22ClN5O/c1-4-17-7-9-18(10-8-17)28-24-19-11-12-21(23-20(26)6-5-13-27-23)29-25(19)31-22(30-24)15-32-14-16(2)3/h1,5-13,16H,14-15H2,2-3H3,(H,28,29,30,31). The van der Waals surface area contributed by atoms with Gasteiger partial charge in [-0.3, -0.25) is 4.98 Å². The van der Waals surface area contributed by atoms with Crippen LogP contribution in [0.25, 0.3) is 22.4 Å². The van der Waals surface area contributed by atoms with Crippen LogP contribution in [0.15, 0.2) is 54.7 Å². The fourth-order valence-electron chi connectivity index (χ4n) is 3.09. The van der Waals surface area contributed by atoms with E-state index in [1.54, 1.807) is 18.3 Å². The maximum atomic E-state index is 6.32. The summed E-state index contributed by atoms with van der Waals surface area (Å²) in [5.41, 5.74) is 3.44. The number of fused-ring (bicyclic) bond motifs is 1. The molecular weight excluding hydrogens is 422 g/mol. The van der Waals surface area contributed by atoms with E-state index in [2.05, 4.69) is 40.0 Å². The highest BCUT2D eigenvalue weighted by molar-refractivity contribution is 6.32. The number of anilines is 2. The Morgan fingerprint density at radius 1 is 1.06 bits per heavy atom. The van der Waals surface area contributed by atoms with Crippen molar-refractivity contribution in [2.24, 2.45) is 5.92 Å². The first-order chi connectivity index (χ1) is 15.5. The molecule has 0 aliphatic heterocycles. The zero-order valence-electron chi connectivity index (χ0n) is 17.8. The van der Waals surface area contributed by atoms with Crippen LogP contribution in [0.1, 0.15) is 25.2 Å². The molecular formula is C25H22ClN5O. The molecule has 7 heteroatoms. The molecule has 4 rings (SSSR count). The van der Waals surface area contributed by atoms with E-state index in [0.717, 1.165) is 16.6 Å². The Morgan fingerprint density at radius 2 is 1.88 bits per heavy atom. The number of terminal acetylenes is 1. The first-order valence-electron chi connectivity index (χ1n) is 10.2. The molecule has 1 aromatic carbocycles. The van der Waals surface area contributed by atoms with Crippen molar-refractivity contribution in [1.82, 2.24) is 19.9 Å². The molecule has 6 nitrogen and oxygen atoms in total. The quantitative estimate of drug-likeness (QED) is 0.373. The highest BCUT2D eigenvalue weighted by atomic mass is 35.5. The van der Waals surface area contributed by atoms with Crippen molar-refractivity contribution in [2.45, 2.75) is 20.5 Å². The number of halogens is 1. The highest BCUT2D eigenvalue weighted by Crippen LogP contribution is 2.28. The van der Waals surface area contributed by atoms with Gasteiger partial charge in [-0.25, -0.2) is 15.0 Å². The molecule has 4 aromatic rings. The number of aromatic nitrogens is 4. The largest absolute Gasteiger partial charge is 0.373 e. The summed E-state index contributed by atoms with van der Waals surface area (Å²) >= 11 is 6.32. The predicted octanol–water partition coefficient (Wildman–Crippen LogP) is 5.64. The summed E-state index contributed by atoms with van der Waals surface area (Å²) in [6, 6.07) is 14.9. The van der Waals surface area contributed by atoms with Crippen LogP contribution >= 0.6 is 11.6 Å². The van der Waals surface area contributed by atoms with Crippen LogP contribution in [0.3, 0.4) is 0 Å². The van der Waals surface area contributed by atoms with Crippen LogP contribution in [0.2, 0.25) is 5.02 Å². The summed E-state index contributed by atoms with van der Waals surface area (Å²) in [5, 5.41) is 4.65. The van der Waals surface area contributed by atoms with Gasteiger partial charge in [0.05, 0.1) is 16.1 Å². The van der Waals surface area contributed by atoms with Gasteiger partial charge in [-0.1, -0.05) is 31.4 Å². The Morgan fingerprint density at radius 3 is 2.59 bits per heavy atom. The van der Waals surface area contributed by atoms with Crippen LogP contribution in [0.5, 0.6) is 0 Å². The van der Waals surface area contributed by atoms with Gasteiger partial charge >= 0.3 is 0 Å². The van der Waals surface area contributed by atoms with Crippen molar-refractivity contribution in [3.8, 4) is 23.7 Å². The van der Waals surface area contributed by atoms with Gasteiger partial charge in [0.25, 0.3) is 0 Å². The number of hydrogen-bond donors (Lipinski definition) is 1. The average molecular weight is 444 g/mol. The van der Waals surface area contributed by atoms with Gasteiger partial charge in [0.2, 0.25) is 0 Å². The molecule has 0 unspecified atom stereocenters. The van der Waals surface area contributed by atoms with E-state index in [-0.39, 0.29) is 6.61 Å². The fourth-order valence-corrected chi connectivity index (χ4v) is 3.31. The van der Waals surface area contributed by atoms with Crippen LogP contribution in [0.4, 0.5) is 11.5 Å². The summed E-state index contributed by atoms with van der Waals surface area (Å²) in [4.78, 5) is 18.4. The van der Waals surface area contributed by atoms with Crippen LogP contribution in [0, 0.1) is 18.3 Å². The Balaban J connectivity index is 1.75. The average Bonchev–Trinajstić information content (AvgIpc) is 2.79. The maximum Gasteiger partial charge on any atom is 0.165 e. The third-order valence-corrected chi connectivity index (χ3v) is 4.91. The normalized spacial score (nSPS) is 11.0. The maximum absolute atomic E-state index is 6.32. The number of nitrogens with zero attached hydrogens (tertiary/aromatic N) is 4. The second-order valence-electron chi connectivity index (χ2n) is 7.65. The lowest BCUT2D eigenvalue weighted by Gasteiger charge is -2.12. The Kier molecular flexibility index (Phi) is 6.60. The molecule has 3 heterocycles. The van der Waals surface area contributed by atoms with E-state index < -0.39 is 0 Å². The lowest BCUT2D eigenvalue weighted by molar-refractivity contribution is 0.0925. The minimum atomic E-state index is 0.287. The van der Waals surface area contributed by atoms with Crippen LogP contribution in [-0.4, -0.2) is 26.5 Å². The molecule has 0 saturated heterocycles. The molecule has 0 amide bonds. The van der Waals surface area contributed by atoms with Crippen molar-refractivity contribution in [3.63, 3.8) is 0 Å². The van der Waals surface area contributed by atoms with Crippen molar-refractivity contribution in [3.05, 3.63) is 71.1 Å². The third-order valence-electron chi connectivity index (χ3n) is 4.60. The second-order valence-corrected chi connectivity index (χ2v) is 8.05. The van der Waals surface area contributed by atoms with Gasteiger partial charge in [-0.2, -0.15) is 0 Å². The molecule has 1 N–H and O–H groups in total. The van der Waals surface area contributed by atoms with E-state index >= 15 is 0 Å². The molecule has 0 spiro atoms. The number of benzene rings is 1. The Hall–Kier alpha value is -3.53. The molecule has 0 atom stereocenters. The van der Waals surface area contributed by atoms with Gasteiger partial charge in [0.15, 0.2) is 11.5 Å². The number of pyridine rings is 2. The van der Waals surface area contributed by atoms with Gasteiger partial charge < -0.3 is 10.1 Å². The Labute approximate surface area is 192 Å². The number of hydrogen-bond acceptors (Lipinski definition) is 6. The molecule has 0 aliphatic carbocycles. The third kappa shape index (κ3) is 5.02. The van der Waals surface area contributed by atoms with E-state index in [1.165, 1.54) is 0 Å². The Bertz CT molecular complexity index is 1280. The smallest absolute Gasteiger partial charge is 0.165 e. The fraction of sp³-hybridized carbons (Fsp3) is 0.200. The minimum Gasteiger partial charge on any atom is -0.373 e. The molecule has 0 bridgehead atoms. The minimum absolute atomic E-state index is 0.287. The molecule has 0 radical (unpaired) electrons. The predicted molar refractivity (Wildman–Crippen MR) is 128 cm³/mol. The monoisotopic (exact) mass is 443 g/mol. The summed E-state index contributed by atoms with van der Waals surface area (Å²) < 4.78 is 5.76. The first kappa shape index (κ1) is 21.7. The van der Waals surface area contributed by atoms with Crippen LogP contribution < -0.4 is 5.32 Å². The molecule has 160 valence electrons. The van der Waals surface area contributed by atoms with Gasteiger partial charge in [0, 0.05) is 24.1 Å². The van der Waals surface area contributed by atoms with Crippen molar-refractivity contribution < 1.29 is 4.74 Å². The van der Waals surface area contributed by atoms with Gasteiger partial charge in [0.1, 0.15) is 18.1 Å². The molecule has 3 aromatic heterocycles. The van der Waals surface area contributed by atoms with E-state index in [4.69, 9.17) is 27.7 Å². The van der Waals surface area contributed by atoms with E-state index in [0.29, 0.717) is 46.2 Å². The zero-order chi connectivity index (χ0) is 22.5. The van der Waals surface area contributed by atoms with Crippen molar-refractivity contribution in [1.29, 1.82) is 0 Å². The number of rotatable bonds is 7. The summed E-state index contributed by atoms with van der Waals surface area (Å²) in [5.74, 6) is 4.21. The van der Waals surface area contributed by atoms with Gasteiger partial charge in [-0.05, 0) is 54.4 Å². The van der Waals surface area contributed by atoms with Gasteiger partial charge in [-0.15, -0.1) is 6.42 Å². The molecule has 0 aliphatic rings.